The normalized spacial score (nSPS) is 15.3. The van der Waals surface area contributed by atoms with Crippen molar-refractivity contribution in [3.8, 4) is 11.1 Å². The number of pyridine rings is 1. The first-order valence-electron chi connectivity index (χ1n) is 10.2. The molecule has 0 atom stereocenters. The molecule has 0 aliphatic heterocycles. The van der Waals surface area contributed by atoms with Gasteiger partial charge in [0.2, 0.25) is 0 Å². The number of amides is 1. The maximum absolute atomic E-state index is 13.2. The van der Waals surface area contributed by atoms with Gasteiger partial charge in [0.05, 0.1) is 0 Å². The van der Waals surface area contributed by atoms with Crippen LogP contribution >= 0.6 is 0 Å². The third-order valence-electron chi connectivity index (χ3n) is 5.65. The Morgan fingerprint density at radius 1 is 0.964 bits per heavy atom. The summed E-state index contributed by atoms with van der Waals surface area (Å²) in [6.45, 7) is 2.03. The lowest BCUT2D eigenvalue weighted by Crippen LogP contribution is -2.39. The first-order chi connectivity index (χ1) is 13.6. The Bertz CT molecular complexity index is 993. The molecule has 3 aromatic rings. The Morgan fingerprint density at radius 3 is 2.39 bits per heavy atom. The zero-order valence-corrected chi connectivity index (χ0v) is 16.3. The van der Waals surface area contributed by atoms with Crippen LogP contribution in [-0.2, 0) is 4.79 Å². The van der Waals surface area contributed by atoms with E-state index in [0.29, 0.717) is 5.69 Å². The van der Waals surface area contributed by atoms with Crippen molar-refractivity contribution < 1.29 is 9.59 Å². The van der Waals surface area contributed by atoms with Crippen LogP contribution in [0.3, 0.4) is 0 Å². The molecule has 0 radical (unpaired) electrons. The molecule has 1 aliphatic carbocycles. The number of nitrogens with one attached hydrogen (secondary N) is 1. The molecular formula is C24H26N2O2. The van der Waals surface area contributed by atoms with E-state index >= 15 is 0 Å². The van der Waals surface area contributed by atoms with Crippen molar-refractivity contribution >= 4 is 17.2 Å². The van der Waals surface area contributed by atoms with Gasteiger partial charge in [-0.15, -0.1) is 0 Å². The number of ketones is 1. The average molecular weight is 374 g/mol. The molecule has 2 aromatic heterocycles. The summed E-state index contributed by atoms with van der Waals surface area (Å²) < 4.78 is 1.82. The van der Waals surface area contributed by atoms with E-state index in [-0.39, 0.29) is 6.04 Å². The van der Waals surface area contributed by atoms with E-state index in [0.717, 1.165) is 47.9 Å². The van der Waals surface area contributed by atoms with Crippen molar-refractivity contribution in [3.63, 3.8) is 0 Å². The SMILES string of the molecule is Cc1ccc(-c2cc3ccccn3c2C(=O)C(=O)NC2CCCCCC2)cc1. The molecule has 0 unspecified atom stereocenters. The molecule has 1 saturated carbocycles. The number of aryl methyl sites for hydroxylation is 1. The van der Waals surface area contributed by atoms with Crippen LogP contribution in [0.5, 0.6) is 0 Å². The Labute approximate surface area is 165 Å². The van der Waals surface area contributed by atoms with Crippen LogP contribution < -0.4 is 5.32 Å². The zero-order chi connectivity index (χ0) is 19.5. The summed E-state index contributed by atoms with van der Waals surface area (Å²) in [7, 11) is 0. The predicted molar refractivity (Wildman–Crippen MR) is 112 cm³/mol. The highest BCUT2D eigenvalue weighted by Gasteiger charge is 2.26. The number of rotatable bonds is 4. The predicted octanol–water partition coefficient (Wildman–Crippen LogP) is 4.94. The quantitative estimate of drug-likeness (QED) is 0.400. The second kappa shape index (κ2) is 8.01. The summed E-state index contributed by atoms with van der Waals surface area (Å²) in [4.78, 5) is 26.0. The van der Waals surface area contributed by atoms with E-state index in [2.05, 4.69) is 5.32 Å². The number of fused-ring (bicyclic) bond motifs is 1. The van der Waals surface area contributed by atoms with Gasteiger partial charge in [0.1, 0.15) is 5.69 Å². The summed E-state index contributed by atoms with van der Waals surface area (Å²) in [6.07, 6.45) is 8.41. The number of benzene rings is 1. The molecule has 28 heavy (non-hydrogen) atoms. The van der Waals surface area contributed by atoms with Gasteiger partial charge in [0, 0.05) is 23.3 Å². The van der Waals surface area contributed by atoms with Crippen LogP contribution in [-0.4, -0.2) is 22.1 Å². The van der Waals surface area contributed by atoms with Crippen molar-refractivity contribution in [1.29, 1.82) is 0 Å². The first-order valence-corrected chi connectivity index (χ1v) is 10.2. The van der Waals surface area contributed by atoms with E-state index in [1.54, 1.807) is 0 Å². The molecule has 1 aliphatic rings. The fourth-order valence-corrected chi connectivity index (χ4v) is 4.09. The van der Waals surface area contributed by atoms with E-state index in [1.165, 1.54) is 12.8 Å². The number of carbonyl (C=O) groups excluding carboxylic acids is 2. The molecule has 1 fully saturated rings. The molecule has 0 spiro atoms. The van der Waals surface area contributed by atoms with Crippen LogP contribution in [0.4, 0.5) is 0 Å². The highest BCUT2D eigenvalue weighted by atomic mass is 16.2. The number of aromatic nitrogens is 1. The maximum Gasteiger partial charge on any atom is 0.294 e. The minimum absolute atomic E-state index is 0.105. The minimum Gasteiger partial charge on any atom is -0.346 e. The summed E-state index contributed by atoms with van der Waals surface area (Å²) in [6, 6.07) is 15.9. The highest BCUT2D eigenvalue weighted by molar-refractivity contribution is 6.43. The van der Waals surface area contributed by atoms with Gasteiger partial charge in [-0.05, 0) is 43.5 Å². The van der Waals surface area contributed by atoms with Crippen molar-refractivity contribution in [1.82, 2.24) is 9.72 Å². The molecule has 1 N–H and O–H groups in total. The topological polar surface area (TPSA) is 50.6 Å². The molecule has 0 bridgehead atoms. The average Bonchev–Trinajstić information content (AvgIpc) is 2.90. The Balaban J connectivity index is 1.69. The monoisotopic (exact) mass is 374 g/mol. The second-order valence-electron chi connectivity index (χ2n) is 7.76. The largest absolute Gasteiger partial charge is 0.346 e. The summed E-state index contributed by atoms with van der Waals surface area (Å²) >= 11 is 0. The second-order valence-corrected chi connectivity index (χ2v) is 7.76. The molecular weight excluding hydrogens is 348 g/mol. The Kier molecular flexibility index (Phi) is 5.29. The van der Waals surface area contributed by atoms with Crippen molar-refractivity contribution in [2.24, 2.45) is 0 Å². The lowest BCUT2D eigenvalue weighted by atomic mass is 10.0. The molecule has 1 aromatic carbocycles. The van der Waals surface area contributed by atoms with E-state index in [9.17, 15) is 9.59 Å². The van der Waals surface area contributed by atoms with Gasteiger partial charge in [-0.3, -0.25) is 9.59 Å². The molecule has 1 amide bonds. The Morgan fingerprint density at radius 2 is 1.68 bits per heavy atom. The molecule has 4 rings (SSSR count). The van der Waals surface area contributed by atoms with Crippen LogP contribution in [0.2, 0.25) is 0 Å². The first kappa shape index (κ1) is 18.5. The molecule has 2 heterocycles. The number of hydrogen-bond donors (Lipinski definition) is 1. The number of hydrogen-bond acceptors (Lipinski definition) is 2. The number of carbonyl (C=O) groups is 2. The molecule has 4 heteroatoms. The maximum atomic E-state index is 13.2. The zero-order valence-electron chi connectivity index (χ0n) is 16.3. The van der Waals surface area contributed by atoms with E-state index in [4.69, 9.17) is 0 Å². The van der Waals surface area contributed by atoms with E-state index in [1.807, 2.05) is 66.1 Å². The van der Waals surface area contributed by atoms with Crippen LogP contribution in [0.15, 0.2) is 54.7 Å². The van der Waals surface area contributed by atoms with Gasteiger partial charge in [-0.2, -0.15) is 0 Å². The highest BCUT2D eigenvalue weighted by Crippen LogP contribution is 2.29. The standard InChI is InChI=1S/C24H26N2O2/c1-17-11-13-18(14-12-17)21-16-20-10-6-7-15-26(20)22(21)23(27)24(28)25-19-8-4-2-3-5-9-19/h6-7,10-16,19H,2-5,8-9H2,1H3,(H,25,28). The van der Waals surface area contributed by atoms with Gasteiger partial charge in [-0.25, -0.2) is 0 Å². The molecule has 0 saturated heterocycles. The smallest absolute Gasteiger partial charge is 0.294 e. The number of Topliss-reactive ketones (excluding diaryl/α,β-unsaturated/α-hetero) is 1. The van der Waals surface area contributed by atoms with Crippen molar-refractivity contribution in [3.05, 3.63) is 66.0 Å². The fourth-order valence-electron chi connectivity index (χ4n) is 4.09. The van der Waals surface area contributed by atoms with Gasteiger partial charge in [-0.1, -0.05) is 61.6 Å². The summed E-state index contributed by atoms with van der Waals surface area (Å²) in [5.41, 5.74) is 4.24. The third kappa shape index (κ3) is 3.72. The van der Waals surface area contributed by atoms with Gasteiger partial charge in [0.15, 0.2) is 0 Å². The lowest BCUT2D eigenvalue weighted by molar-refractivity contribution is -0.117. The van der Waals surface area contributed by atoms with Crippen molar-refractivity contribution in [2.45, 2.75) is 51.5 Å². The van der Waals surface area contributed by atoms with Crippen LogP contribution in [0, 0.1) is 6.92 Å². The van der Waals surface area contributed by atoms with Crippen molar-refractivity contribution in [2.75, 3.05) is 0 Å². The fraction of sp³-hybridized carbons (Fsp3) is 0.333. The van der Waals surface area contributed by atoms with E-state index < -0.39 is 11.7 Å². The molecule has 4 nitrogen and oxygen atoms in total. The van der Waals surface area contributed by atoms with Crippen LogP contribution in [0.25, 0.3) is 16.6 Å². The van der Waals surface area contributed by atoms with Crippen LogP contribution in [0.1, 0.15) is 54.6 Å². The van der Waals surface area contributed by atoms with Gasteiger partial charge < -0.3 is 9.72 Å². The third-order valence-corrected chi connectivity index (χ3v) is 5.65. The molecule has 144 valence electrons. The number of nitrogens with zero attached hydrogens (tertiary/aromatic N) is 1. The van der Waals surface area contributed by atoms with Gasteiger partial charge >= 0.3 is 0 Å². The Hall–Kier alpha value is -2.88. The summed E-state index contributed by atoms with van der Waals surface area (Å²) in [5, 5.41) is 3.00. The minimum atomic E-state index is -0.496. The summed E-state index contributed by atoms with van der Waals surface area (Å²) in [5.74, 6) is -0.963. The lowest BCUT2D eigenvalue weighted by Gasteiger charge is -2.16. The van der Waals surface area contributed by atoms with Gasteiger partial charge in [0.25, 0.3) is 11.7 Å².